The van der Waals surface area contributed by atoms with E-state index in [1.807, 2.05) is 13.8 Å². The summed E-state index contributed by atoms with van der Waals surface area (Å²) in [5, 5.41) is 6.20. The number of carbonyl (C=O) groups excluding carboxylic acids is 1. The predicted molar refractivity (Wildman–Crippen MR) is 65.9 cm³/mol. The fourth-order valence-corrected chi connectivity index (χ4v) is 1.22. The van der Waals surface area contributed by atoms with Gasteiger partial charge in [-0.3, -0.25) is 4.79 Å². The van der Waals surface area contributed by atoms with E-state index in [-0.39, 0.29) is 5.97 Å². The fraction of sp³-hybridized carbons (Fsp3) is 0.545. The number of hydrogen-bond donors (Lipinski definition) is 2. The van der Waals surface area contributed by atoms with Crippen LogP contribution in [0.3, 0.4) is 0 Å². The molecule has 0 aliphatic rings. The lowest BCUT2D eigenvalue weighted by Crippen LogP contribution is -2.13. The van der Waals surface area contributed by atoms with E-state index in [1.54, 1.807) is 6.07 Å². The molecule has 0 aromatic carbocycles. The maximum atomic E-state index is 10.9. The van der Waals surface area contributed by atoms with Gasteiger partial charge >= 0.3 is 5.97 Å². The van der Waals surface area contributed by atoms with Crippen molar-refractivity contribution in [2.45, 2.75) is 26.3 Å². The van der Waals surface area contributed by atoms with Crippen molar-refractivity contribution in [1.29, 1.82) is 0 Å². The van der Waals surface area contributed by atoms with Gasteiger partial charge in [0.1, 0.15) is 18.0 Å². The SMILES string of the molecule is COC(=O)CCNc1cc(NC(C)C)ncn1. The smallest absolute Gasteiger partial charge is 0.307 e. The molecule has 1 aromatic heterocycles. The zero-order valence-electron chi connectivity index (χ0n) is 10.4. The van der Waals surface area contributed by atoms with Gasteiger partial charge in [0.25, 0.3) is 0 Å². The minimum atomic E-state index is -0.243. The summed E-state index contributed by atoms with van der Waals surface area (Å²) in [7, 11) is 1.37. The molecule has 17 heavy (non-hydrogen) atoms. The molecule has 1 heterocycles. The van der Waals surface area contributed by atoms with E-state index in [0.717, 1.165) is 5.82 Å². The first kappa shape index (κ1) is 13.2. The van der Waals surface area contributed by atoms with Crippen LogP contribution in [-0.4, -0.2) is 35.6 Å². The summed E-state index contributed by atoms with van der Waals surface area (Å²) < 4.78 is 4.54. The molecule has 0 bridgehead atoms. The number of nitrogens with zero attached hydrogens (tertiary/aromatic N) is 2. The van der Waals surface area contributed by atoms with Crippen molar-refractivity contribution in [3.8, 4) is 0 Å². The quantitative estimate of drug-likeness (QED) is 0.727. The minimum absolute atomic E-state index is 0.243. The Morgan fingerprint density at radius 1 is 1.41 bits per heavy atom. The Bertz CT molecular complexity index is 368. The van der Waals surface area contributed by atoms with Crippen LogP contribution in [0.1, 0.15) is 20.3 Å². The molecule has 0 unspecified atom stereocenters. The van der Waals surface area contributed by atoms with Gasteiger partial charge in [0, 0.05) is 18.7 Å². The number of carbonyl (C=O) groups is 1. The number of hydrogen-bond acceptors (Lipinski definition) is 6. The van der Waals surface area contributed by atoms with Crippen LogP contribution in [0.2, 0.25) is 0 Å². The van der Waals surface area contributed by atoms with Gasteiger partial charge in [0.15, 0.2) is 0 Å². The molecule has 6 nitrogen and oxygen atoms in total. The zero-order valence-corrected chi connectivity index (χ0v) is 10.4. The van der Waals surface area contributed by atoms with Gasteiger partial charge in [-0.25, -0.2) is 9.97 Å². The molecule has 0 radical (unpaired) electrons. The Kier molecular flexibility index (Phi) is 5.19. The van der Waals surface area contributed by atoms with Crippen LogP contribution < -0.4 is 10.6 Å². The summed E-state index contributed by atoms with van der Waals surface area (Å²) in [5.74, 6) is 1.20. The lowest BCUT2D eigenvalue weighted by atomic mass is 10.4. The van der Waals surface area contributed by atoms with Crippen LogP contribution in [0.15, 0.2) is 12.4 Å². The third-order valence-corrected chi connectivity index (χ3v) is 1.97. The lowest BCUT2D eigenvalue weighted by molar-refractivity contribution is -0.140. The van der Waals surface area contributed by atoms with Crippen LogP contribution in [0.4, 0.5) is 11.6 Å². The molecule has 0 aliphatic carbocycles. The summed E-state index contributed by atoms with van der Waals surface area (Å²) in [6.45, 7) is 4.56. The largest absolute Gasteiger partial charge is 0.469 e. The molecule has 0 saturated heterocycles. The number of esters is 1. The average molecular weight is 238 g/mol. The first-order valence-electron chi connectivity index (χ1n) is 5.51. The molecular weight excluding hydrogens is 220 g/mol. The van der Waals surface area contributed by atoms with E-state index in [1.165, 1.54) is 13.4 Å². The second-order valence-electron chi connectivity index (χ2n) is 3.84. The van der Waals surface area contributed by atoms with Gasteiger partial charge in [0.05, 0.1) is 13.5 Å². The second-order valence-corrected chi connectivity index (χ2v) is 3.84. The van der Waals surface area contributed by atoms with E-state index in [4.69, 9.17) is 0 Å². The molecule has 2 N–H and O–H groups in total. The van der Waals surface area contributed by atoms with Crippen molar-refractivity contribution in [2.24, 2.45) is 0 Å². The molecule has 0 spiro atoms. The van der Waals surface area contributed by atoms with E-state index in [0.29, 0.717) is 24.8 Å². The number of nitrogens with one attached hydrogen (secondary N) is 2. The summed E-state index contributed by atoms with van der Waals surface area (Å²) in [6, 6.07) is 2.12. The number of anilines is 2. The highest BCUT2D eigenvalue weighted by Gasteiger charge is 2.02. The molecule has 6 heteroatoms. The van der Waals surface area contributed by atoms with Crippen molar-refractivity contribution >= 4 is 17.6 Å². The topological polar surface area (TPSA) is 76.1 Å². The van der Waals surface area contributed by atoms with Crippen molar-refractivity contribution < 1.29 is 9.53 Å². The highest BCUT2D eigenvalue weighted by Crippen LogP contribution is 2.09. The second kappa shape index (κ2) is 6.67. The highest BCUT2D eigenvalue weighted by molar-refractivity contribution is 5.69. The van der Waals surface area contributed by atoms with Crippen LogP contribution in [0, 0.1) is 0 Å². The molecule has 0 atom stereocenters. The maximum Gasteiger partial charge on any atom is 0.307 e. The van der Waals surface area contributed by atoms with Gasteiger partial charge in [-0.1, -0.05) is 0 Å². The van der Waals surface area contributed by atoms with E-state index in [2.05, 4.69) is 25.3 Å². The average Bonchev–Trinajstić information content (AvgIpc) is 2.28. The number of rotatable bonds is 6. The molecule has 1 aromatic rings. The van der Waals surface area contributed by atoms with Crippen LogP contribution in [-0.2, 0) is 9.53 Å². The van der Waals surface area contributed by atoms with Gasteiger partial charge < -0.3 is 15.4 Å². The minimum Gasteiger partial charge on any atom is -0.469 e. The van der Waals surface area contributed by atoms with Crippen molar-refractivity contribution in [1.82, 2.24) is 9.97 Å². The van der Waals surface area contributed by atoms with Gasteiger partial charge in [0.2, 0.25) is 0 Å². The normalized spacial score (nSPS) is 10.1. The summed E-state index contributed by atoms with van der Waals surface area (Å²) in [6.07, 6.45) is 1.79. The third-order valence-electron chi connectivity index (χ3n) is 1.97. The first-order valence-corrected chi connectivity index (χ1v) is 5.51. The van der Waals surface area contributed by atoms with E-state index >= 15 is 0 Å². The molecule has 0 fully saturated rings. The monoisotopic (exact) mass is 238 g/mol. The Hall–Kier alpha value is -1.85. The standard InChI is InChI=1S/C11H18N4O2/c1-8(2)15-10-6-9(13-7-14-10)12-5-4-11(16)17-3/h6-8H,4-5H2,1-3H3,(H2,12,13,14,15). The summed E-state index contributed by atoms with van der Waals surface area (Å²) in [4.78, 5) is 19.0. The van der Waals surface area contributed by atoms with Gasteiger partial charge in [-0.15, -0.1) is 0 Å². The Balaban J connectivity index is 2.45. The highest BCUT2D eigenvalue weighted by atomic mass is 16.5. The molecule has 94 valence electrons. The predicted octanol–water partition coefficient (Wildman–Crippen LogP) is 1.27. The molecular formula is C11H18N4O2. The number of methoxy groups -OCH3 is 1. The van der Waals surface area contributed by atoms with Gasteiger partial charge in [-0.05, 0) is 13.8 Å². The Labute approximate surface area is 101 Å². The lowest BCUT2D eigenvalue weighted by Gasteiger charge is -2.10. The first-order chi connectivity index (χ1) is 8.11. The van der Waals surface area contributed by atoms with Crippen LogP contribution in [0.25, 0.3) is 0 Å². The van der Waals surface area contributed by atoms with Gasteiger partial charge in [-0.2, -0.15) is 0 Å². The fourth-order valence-electron chi connectivity index (χ4n) is 1.22. The van der Waals surface area contributed by atoms with E-state index in [9.17, 15) is 4.79 Å². The third kappa shape index (κ3) is 5.14. The van der Waals surface area contributed by atoms with Crippen molar-refractivity contribution in [3.05, 3.63) is 12.4 Å². The summed E-state index contributed by atoms with van der Waals surface area (Å²) >= 11 is 0. The number of aromatic nitrogens is 2. The molecule has 0 aliphatic heterocycles. The Morgan fingerprint density at radius 2 is 2.12 bits per heavy atom. The molecule has 1 rings (SSSR count). The van der Waals surface area contributed by atoms with E-state index < -0.39 is 0 Å². The van der Waals surface area contributed by atoms with Crippen molar-refractivity contribution in [2.75, 3.05) is 24.3 Å². The number of ether oxygens (including phenoxy) is 1. The maximum absolute atomic E-state index is 10.9. The zero-order chi connectivity index (χ0) is 12.7. The van der Waals surface area contributed by atoms with Crippen molar-refractivity contribution in [3.63, 3.8) is 0 Å². The molecule has 0 amide bonds. The van der Waals surface area contributed by atoms with Crippen LogP contribution in [0.5, 0.6) is 0 Å². The molecule has 0 saturated carbocycles. The van der Waals surface area contributed by atoms with Crippen LogP contribution >= 0.6 is 0 Å². The summed E-state index contributed by atoms with van der Waals surface area (Å²) in [5.41, 5.74) is 0. The Morgan fingerprint density at radius 3 is 2.76 bits per heavy atom.